The molecule has 0 fully saturated rings. The van der Waals surface area contributed by atoms with Crippen LogP contribution in [0, 0.1) is 5.82 Å². The van der Waals surface area contributed by atoms with Crippen LogP contribution in [-0.4, -0.2) is 5.11 Å². The number of hydrogen-bond acceptors (Lipinski definition) is 2. The smallest absolute Gasteiger partial charge is 0.141 e. The summed E-state index contributed by atoms with van der Waals surface area (Å²) in [5.74, 6) is 0.0280. The van der Waals surface area contributed by atoms with Crippen LogP contribution in [-0.2, 0) is 6.42 Å². The van der Waals surface area contributed by atoms with Crippen molar-refractivity contribution in [2.24, 2.45) is 0 Å². The first-order valence-corrected chi connectivity index (χ1v) is 6.62. The molecule has 0 aliphatic rings. The fraction of sp³-hybridized carbons (Fsp3) is 0.125. The van der Waals surface area contributed by atoms with Gasteiger partial charge in [0, 0.05) is 11.8 Å². The third kappa shape index (κ3) is 2.55. The molecule has 0 saturated heterocycles. The SMILES string of the molecule is OC(Cc1ccc(F)c(Cl)c1)c1cc2ccccc2o1. The van der Waals surface area contributed by atoms with Gasteiger partial charge in [-0.25, -0.2) is 4.39 Å². The molecule has 2 aromatic carbocycles. The highest BCUT2D eigenvalue weighted by atomic mass is 35.5. The van der Waals surface area contributed by atoms with Crippen LogP contribution in [0.1, 0.15) is 17.4 Å². The van der Waals surface area contributed by atoms with Crippen molar-refractivity contribution in [3.63, 3.8) is 0 Å². The summed E-state index contributed by atoms with van der Waals surface area (Å²) in [7, 11) is 0. The molecule has 1 aromatic heterocycles. The molecule has 4 heteroatoms. The zero-order valence-electron chi connectivity index (χ0n) is 10.5. The Hall–Kier alpha value is -1.84. The Labute approximate surface area is 120 Å². The monoisotopic (exact) mass is 290 g/mol. The topological polar surface area (TPSA) is 33.4 Å². The zero-order valence-corrected chi connectivity index (χ0v) is 11.3. The second kappa shape index (κ2) is 5.27. The van der Waals surface area contributed by atoms with Crippen molar-refractivity contribution in [2.75, 3.05) is 0 Å². The molecule has 1 heterocycles. The van der Waals surface area contributed by atoms with Crippen molar-refractivity contribution < 1.29 is 13.9 Å². The van der Waals surface area contributed by atoms with Crippen molar-refractivity contribution in [1.82, 2.24) is 0 Å². The van der Waals surface area contributed by atoms with E-state index in [0.29, 0.717) is 12.2 Å². The van der Waals surface area contributed by atoms with Gasteiger partial charge in [-0.15, -0.1) is 0 Å². The van der Waals surface area contributed by atoms with E-state index in [1.807, 2.05) is 30.3 Å². The van der Waals surface area contributed by atoms with Crippen LogP contribution in [0.2, 0.25) is 5.02 Å². The molecule has 0 spiro atoms. The van der Waals surface area contributed by atoms with Crippen molar-refractivity contribution in [1.29, 1.82) is 0 Å². The maximum absolute atomic E-state index is 13.1. The van der Waals surface area contributed by atoms with Crippen LogP contribution in [0.4, 0.5) is 4.39 Å². The second-order valence-electron chi connectivity index (χ2n) is 4.65. The Kier molecular flexibility index (Phi) is 3.47. The standard InChI is InChI=1S/C16H12ClFO2/c17-12-7-10(5-6-13(12)18)8-14(19)16-9-11-3-1-2-4-15(11)20-16/h1-7,9,14,19H,8H2. The van der Waals surface area contributed by atoms with E-state index in [1.165, 1.54) is 12.1 Å². The molecule has 0 radical (unpaired) electrons. The Balaban J connectivity index is 1.84. The van der Waals surface area contributed by atoms with Gasteiger partial charge in [0.25, 0.3) is 0 Å². The Morgan fingerprint density at radius 3 is 2.70 bits per heavy atom. The number of halogens is 2. The van der Waals surface area contributed by atoms with Crippen LogP contribution in [0.25, 0.3) is 11.0 Å². The fourth-order valence-electron chi connectivity index (χ4n) is 2.16. The molecule has 3 rings (SSSR count). The first-order valence-electron chi connectivity index (χ1n) is 6.24. The molecule has 0 aliphatic carbocycles. The number of benzene rings is 2. The molecule has 0 bridgehead atoms. The largest absolute Gasteiger partial charge is 0.458 e. The van der Waals surface area contributed by atoms with Gasteiger partial charge >= 0.3 is 0 Å². The molecule has 1 unspecified atom stereocenters. The quantitative estimate of drug-likeness (QED) is 0.770. The summed E-state index contributed by atoms with van der Waals surface area (Å²) in [5, 5.41) is 11.2. The highest BCUT2D eigenvalue weighted by Crippen LogP contribution is 2.27. The molecule has 0 amide bonds. The summed E-state index contributed by atoms with van der Waals surface area (Å²) < 4.78 is 18.7. The normalized spacial score (nSPS) is 12.8. The summed E-state index contributed by atoms with van der Waals surface area (Å²) in [6.45, 7) is 0. The third-order valence-electron chi connectivity index (χ3n) is 3.19. The molecular weight excluding hydrogens is 279 g/mol. The van der Waals surface area contributed by atoms with Crippen LogP contribution >= 0.6 is 11.6 Å². The summed E-state index contributed by atoms with van der Waals surface area (Å²) in [6.07, 6.45) is -0.469. The van der Waals surface area contributed by atoms with E-state index >= 15 is 0 Å². The van der Waals surface area contributed by atoms with Crippen molar-refractivity contribution >= 4 is 22.6 Å². The lowest BCUT2D eigenvalue weighted by atomic mass is 10.1. The molecule has 20 heavy (non-hydrogen) atoms. The predicted molar refractivity (Wildman–Crippen MR) is 76.3 cm³/mol. The van der Waals surface area contributed by atoms with Crippen LogP contribution < -0.4 is 0 Å². The lowest BCUT2D eigenvalue weighted by Crippen LogP contribution is -2.00. The summed E-state index contributed by atoms with van der Waals surface area (Å²) in [5.41, 5.74) is 1.49. The van der Waals surface area contributed by atoms with Gasteiger partial charge in [-0.2, -0.15) is 0 Å². The number of hydrogen-bond donors (Lipinski definition) is 1. The first kappa shape index (κ1) is 13.2. The van der Waals surface area contributed by atoms with E-state index in [1.54, 1.807) is 6.07 Å². The lowest BCUT2D eigenvalue weighted by molar-refractivity contribution is 0.152. The van der Waals surface area contributed by atoms with E-state index < -0.39 is 11.9 Å². The fourth-order valence-corrected chi connectivity index (χ4v) is 2.36. The highest BCUT2D eigenvalue weighted by molar-refractivity contribution is 6.30. The number of aliphatic hydroxyl groups excluding tert-OH is 1. The van der Waals surface area contributed by atoms with Gasteiger partial charge < -0.3 is 9.52 Å². The third-order valence-corrected chi connectivity index (χ3v) is 3.48. The average molecular weight is 291 g/mol. The van der Waals surface area contributed by atoms with Gasteiger partial charge in [0.15, 0.2) is 0 Å². The van der Waals surface area contributed by atoms with Crippen molar-refractivity contribution in [3.8, 4) is 0 Å². The van der Waals surface area contributed by atoms with Gasteiger partial charge in [0.2, 0.25) is 0 Å². The van der Waals surface area contributed by atoms with Crippen LogP contribution in [0.5, 0.6) is 0 Å². The Bertz CT molecular complexity index is 718. The molecule has 102 valence electrons. The molecule has 0 aliphatic heterocycles. The van der Waals surface area contributed by atoms with E-state index in [-0.39, 0.29) is 5.02 Å². The van der Waals surface area contributed by atoms with Gasteiger partial charge in [0.05, 0.1) is 5.02 Å². The summed E-state index contributed by atoms with van der Waals surface area (Å²) in [6, 6.07) is 13.8. The molecule has 0 saturated carbocycles. The Morgan fingerprint density at radius 2 is 1.95 bits per heavy atom. The number of para-hydroxylation sites is 1. The van der Waals surface area contributed by atoms with Crippen molar-refractivity contribution in [2.45, 2.75) is 12.5 Å². The van der Waals surface area contributed by atoms with E-state index in [4.69, 9.17) is 16.0 Å². The molecule has 1 atom stereocenters. The lowest BCUT2D eigenvalue weighted by Gasteiger charge is -2.08. The molecule has 3 aromatic rings. The molecule has 2 nitrogen and oxygen atoms in total. The van der Waals surface area contributed by atoms with Gasteiger partial charge in [-0.05, 0) is 29.8 Å². The van der Waals surface area contributed by atoms with E-state index in [9.17, 15) is 9.50 Å². The second-order valence-corrected chi connectivity index (χ2v) is 5.06. The zero-order chi connectivity index (χ0) is 14.1. The number of furan rings is 1. The minimum Gasteiger partial charge on any atom is -0.458 e. The van der Waals surface area contributed by atoms with Gasteiger partial charge in [-0.1, -0.05) is 35.9 Å². The van der Waals surface area contributed by atoms with E-state index in [2.05, 4.69) is 0 Å². The van der Waals surface area contributed by atoms with Gasteiger partial charge in [-0.3, -0.25) is 0 Å². The Morgan fingerprint density at radius 1 is 1.15 bits per heavy atom. The van der Waals surface area contributed by atoms with Crippen molar-refractivity contribution in [3.05, 3.63) is 70.7 Å². The van der Waals surface area contributed by atoms with E-state index in [0.717, 1.165) is 16.5 Å². The predicted octanol–water partition coefficient (Wildman–Crippen LogP) is 4.50. The minimum absolute atomic E-state index is 0.0549. The number of aliphatic hydroxyl groups is 1. The van der Waals surface area contributed by atoms with Crippen LogP contribution in [0.3, 0.4) is 0 Å². The number of fused-ring (bicyclic) bond motifs is 1. The highest BCUT2D eigenvalue weighted by Gasteiger charge is 2.14. The average Bonchev–Trinajstić information content (AvgIpc) is 2.87. The summed E-state index contributed by atoms with van der Waals surface area (Å²) >= 11 is 5.73. The molecular formula is C16H12ClFO2. The first-order chi connectivity index (χ1) is 9.63. The minimum atomic E-state index is -0.788. The maximum atomic E-state index is 13.1. The number of rotatable bonds is 3. The molecule has 1 N–H and O–H groups in total. The summed E-state index contributed by atoms with van der Waals surface area (Å²) in [4.78, 5) is 0. The van der Waals surface area contributed by atoms with Crippen LogP contribution in [0.15, 0.2) is 52.9 Å². The van der Waals surface area contributed by atoms with Gasteiger partial charge in [0.1, 0.15) is 23.3 Å². The maximum Gasteiger partial charge on any atom is 0.141 e.